The van der Waals surface area contributed by atoms with Crippen molar-refractivity contribution in [3.05, 3.63) is 39.0 Å². The highest BCUT2D eigenvalue weighted by Gasteiger charge is 2.35. The minimum absolute atomic E-state index is 0.0928. The lowest BCUT2D eigenvalue weighted by molar-refractivity contribution is -0.119. The molecule has 0 amide bonds. The summed E-state index contributed by atoms with van der Waals surface area (Å²) in [5.41, 5.74) is 2.29. The van der Waals surface area contributed by atoms with E-state index >= 15 is 0 Å². The maximum Gasteiger partial charge on any atom is 0.230 e. The fourth-order valence-corrected chi connectivity index (χ4v) is 6.61. The lowest BCUT2D eigenvalue weighted by atomic mass is 9.88. The quantitative estimate of drug-likeness (QED) is 0.409. The highest BCUT2D eigenvalue weighted by Crippen LogP contribution is 2.42. The van der Waals surface area contributed by atoms with E-state index < -0.39 is 0 Å². The molecular formula is C26H29N7O2S. The van der Waals surface area contributed by atoms with Gasteiger partial charge in [0.25, 0.3) is 0 Å². The predicted molar refractivity (Wildman–Crippen MR) is 134 cm³/mol. The molecule has 0 spiro atoms. The first-order valence-corrected chi connectivity index (χ1v) is 13.6. The van der Waals surface area contributed by atoms with E-state index in [0.29, 0.717) is 42.0 Å². The molecule has 1 N–H and O–H groups in total. The molecule has 36 heavy (non-hydrogen) atoms. The number of carbonyl (C=O) groups excluding carboxylic acids is 2. The molecule has 1 atom stereocenters. The molecule has 0 bridgehead atoms. The molecule has 0 aromatic carbocycles. The van der Waals surface area contributed by atoms with Gasteiger partial charge in [-0.3, -0.25) is 18.8 Å². The van der Waals surface area contributed by atoms with E-state index in [1.54, 1.807) is 35.5 Å². The smallest absolute Gasteiger partial charge is 0.230 e. The molecule has 2 saturated carbocycles. The molecular weight excluding hydrogens is 474 g/mol. The molecule has 3 aliphatic carbocycles. The van der Waals surface area contributed by atoms with E-state index in [4.69, 9.17) is 5.26 Å². The minimum Gasteiger partial charge on any atom is -0.309 e. The number of fused-ring (bicyclic) bond motifs is 1. The van der Waals surface area contributed by atoms with Gasteiger partial charge in [0.15, 0.2) is 11.5 Å². The van der Waals surface area contributed by atoms with E-state index in [0.717, 1.165) is 54.5 Å². The Morgan fingerprint density at radius 2 is 2.08 bits per heavy atom. The molecule has 9 nitrogen and oxygen atoms in total. The lowest BCUT2D eigenvalue weighted by Gasteiger charge is -2.25. The van der Waals surface area contributed by atoms with Gasteiger partial charge >= 0.3 is 0 Å². The van der Waals surface area contributed by atoms with Gasteiger partial charge in [-0.2, -0.15) is 10.4 Å². The van der Waals surface area contributed by atoms with Crippen molar-refractivity contribution in [2.45, 2.75) is 70.3 Å². The van der Waals surface area contributed by atoms with Crippen molar-refractivity contribution < 1.29 is 9.59 Å². The Morgan fingerprint density at radius 3 is 2.81 bits per heavy atom. The highest BCUT2D eigenvalue weighted by atomic mass is 32.1. The first-order valence-electron chi connectivity index (χ1n) is 12.8. The fraction of sp³-hybridized carbons (Fsp3) is 0.538. The number of carbonyl (C=O) groups is 2. The number of ketones is 2. The number of hydrogen-bond acceptors (Lipinski definition) is 8. The van der Waals surface area contributed by atoms with Crippen molar-refractivity contribution in [1.29, 1.82) is 5.26 Å². The van der Waals surface area contributed by atoms with Crippen LogP contribution in [0.2, 0.25) is 0 Å². The Bertz CT molecular complexity index is 1370. The van der Waals surface area contributed by atoms with Crippen molar-refractivity contribution >= 4 is 34.7 Å². The number of anilines is 2. The van der Waals surface area contributed by atoms with Gasteiger partial charge in [-0.25, -0.2) is 0 Å². The van der Waals surface area contributed by atoms with Crippen LogP contribution >= 0.6 is 11.3 Å². The summed E-state index contributed by atoms with van der Waals surface area (Å²) in [6.45, 7) is 0. The van der Waals surface area contributed by atoms with Gasteiger partial charge in [-0.1, -0.05) is 12.8 Å². The summed E-state index contributed by atoms with van der Waals surface area (Å²) in [6, 6.07) is 3.82. The Morgan fingerprint density at radius 1 is 1.25 bits per heavy atom. The molecule has 0 radical (unpaired) electrons. The number of nitrogens with one attached hydrogen (secondary N) is 1. The van der Waals surface area contributed by atoms with Gasteiger partial charge in [-0.05, 0) is 50.0 Å². The van der Waals surface area contributed by atoms with Gasteiger partial charge in [-0.15, -0.1) is 21.5 Å². The largest absolute Gasteiger partial charge is 0.309 e. The average Bonchev–Trinajstić information content (AvgIpc) is 3.78. The summed E-state index contributed by atoms with van der Waals surface area (Å²) >= 11 is 1.69. The number of Topliss-reactive ketones (excluding diaryl/α,β-unsaturated/α-hetero) is 2. The van der Waals surface area contributed by atoms with Gasteiger partial charge in [0, 0.05) is 53.2 Å². The van der Waals surface area contributed by atoms with E-state index in [1.165, 1.54) is 17.7 Å². The summed E-state index contributed by atoms with van der Waals surface area (Å²) in [6.07, 6.45) is 10.6. The molecule has 3 aromatic rings. The van der Waals surface area contributed by atoms with E-state index in [-0.39, 0.29) is 17.7 Å². The van der Waals surface area contributed by atoms with Crippen LogP contribution in [0.15, 0.2) is 12.4 Å². The molecule has 0 aliphatic heterocycles. The van der Waals surface area contributed by atoms with Crippen LogP contribution in [0.25, 0.3) is 0 Å². The third-order valence-electron chi connectivity index (χ3n) is 7.63. The van der Waals surface area contributed by atoms with Crippen molar-refractivity contribution in [3.63, 3.8) is 0 Å². The first kappa shape index (κ1) is 23.1. The van der Waals surface area contributed by atoms with Gasteiger partial charge in [0.2, 0.25) is 5.95 Å². The van der Waals surface area contributed by atoms with Gasteiger partial charge in [0.1, 0.15) is 24.0 Å². The molecule has 0 unspecified atom stereocenters. The number of aromatic nitrogens is 5. The topological polar surface area (TPSA) is 118 Å². The Balaban J connectivity index is 1.27. The van der Waals surface area contributed by atoms with Gasteiger partial charge < -0.3 is 5.32 Å². The maximum absolute atomic E-state index is 13.5. The summed E-state index contributed by atoms with van der Waals surface area (Å²) < 4.78 is 3.63. The van der Waals surface area contributed by atoms with Crippen molar-refractivity contribution in [2.75, 3.05) is 5.32 Å². The third kappa shape index (κ3) is 4.60. The SMILES string of the molecule is Cn1nc(C#N)cc1Nc1nncn1[C@H]1CCc2sc(CC(=O)C3CC3)c(C(=O)CCC3CC3)c2C1. The standard InChI is InChI=1S/C26H29N7O2S/c1-32-24(10-17(13-27)31-32)29-26-30-28-14-33(26)18-7-9-22-19(11-18)25(20(34)8-4-15-2-3-15)23(36-22)12-21(35)16-5-6-16/h10,14-16,18H,2-9,11-12H2,1H3,(H,29,30)/t18-/m0/s1. The van der Waals surface area contributed by atoms with Crippen LogP contribution in [0.3, 0.4) is 0 Å². The summed E-state index contributed by atoms with van der Waals surface area (Å²) in [5, 5.41) is 25.0. The van der Waals surface area contributed by atoms with Crippen LogP contribution in [-0.4, -0.2) is 36.1 Å². The van der Waals surface area contributed by atoms with Gasteiger partial charge in [0.05, 0.1) is 0 Å². The van der Waals surface area contributed by atoms with Crippen molar-refractivity contribution in [1.82, 2.24) is 24.5 Å². The molecule has 6 rings (SSSR count). The van der Waals surface area contributed by atoms with Crippen molar-refractivity contribution in [2.24, 2.45) is 18.9 Å². The zero-order valence-corrected chi connectivity index (χ0v) is 21.2. The maximum atomic E-state index is 13.5. The van der Waals surface area contributed by atoms with Crippen LogP contribution in [0.5, 0.6) is 0 Å². The molecule has 3 aromatic heterocycles. The Kier molecular flexibility index (Phi) is 5.96. The zero-order valence-electron chi connectivity index (χ0n) is 20.4. The molecule has 186 valence electrons. The van der Waals surface area contributed by atoms with Crippen LogP contribution in [0.4, 0.5) is 11.8 Å². The van der Waals surface area contributed by atoms with Crippen LogP contribution in [0, 0.1) is 23.2 Å². The second kappa shape index (κ2) is 9.28. The second-order valence-electron chi connectivity index (χ2n) is 10.4. The summed E-state index contributed by atoms with van der Waals surface area (Å²) in [4.78, 5) is 28.4. The minimum atomic E-state index is 0.0928. The number of nitriles is 1. The number of nitrogens with zero attached hydrogens (tertiary/aromatic N) is 6. The number of aryl methyl sites for hydroxylation is 2. The summed E-state index contributed by atoms with van der Waals surface area (Å²) in [5.74, 6) is 2.64. The predicted octanol–water partition coefficient (Wildman–Crippen LogP) is 4.31. The zero-order chi connectivity index (χ0) is 24.8. The monoisotopic (exact) mass is 503 g/mol. The molecule has 3 aliphatic rings. The highest BCUT2D eigenvalue weighted by molar-refractivity contribution is 7.12. The normalized spacial score (nSPS) is 19.1. The summed E-state index contributed by atoms with van der Waals surface area (Å²) in [7, 11) is 1.77. The van der Waals surface area contributed by atoms with E-state index in [9.17, 15) is 9.59 Å². The fourth-order valence-electron chi connectivity index (χ4n) is 5.24. The first-order chi connectivity index (χ1) is 17.5. The lowest BCUT2D eigenvalue weighted by Crippen LogP contribution is -2.20. The molecule has 0 saturated heterocycles. The molecule has 2 fully saturated rings. The molecule has 3 heterocycles. The van der Waals surface area contributed by atoms with Crippen LogP contribution in [-0.2, 0) is 31.1 Å². The van der Waals surface area contributed by atoms with Crippen LogP contribution < -0.4 is 5.32 Å². The Hall–Kier alpha value is -3.32. The average molecular weight is 504 g/mol. The second-order valence-corrected chi connectivity index (χ2v) is 11.5. The van der Waals surface area contributed by atoms with Crippen molar-refractivity contribution in [3.8, 4) is 6.07 Å². The van der Waals surface area contributed by atoms with Crippen LogP contribution in [0.1, 0.15) is 82.4 Å². The number of hydrogen-bond donors (Lipinski definition) is 1. The van der Waals surface area contributed by atoms with E-state index in [2.05, 4.69) is 26.7 Å². The third-order valence-corrected chi connectivity index (χ3v) is 8.92. The molecule has 10 heteroatoms. The number of rotatable bonds is 10. The Labute approximate surface area is 213 Å². The van der Waals surface area contributed by atoms with E-state index in [1.807, 2.05) is 4.57 Å². The number of thiophene rings is 1.